The van der Waals surface area contributed by atoms with E-state index in [2.05, 4.69) is 24.6 Å². The summed E-state index contributed by atoms with van der Waals surface area (Å²) in [5.41, 5.74) is 5.34. The van der Waals surface area contributed by atoms with Gasteiger partial charge in [-0.1, -0.05) is 43.7 Å². The number of carbonyl (C=O) groups is 3. The lowest BCUT2D eigenvalue weighted by Gasteiger charge is -2.49. The predicted octanol–water partition coefficient (Wildman–Crippen LogP) is 2.05. The number of rotatable bonds is 5. The van der Waals surface area contributed by atoms with E-state index >= 15 is 0 Å². The van der Waals surface area contributed by atoms with Gasteiger partial charge in [-0.3, -0.25) is 19.5 Å². The molecule has 1 saturated carbocycles. The second-order valence-corrected chi connectivity index (χ2v) is 9.53. The van der Waals surface area contributed by atoms with Crippen molar-refractivity contribution in [1.29, 1.82) is 0 Å². The van der Waals surface area contributed by atoms with E-state index in [1.807, 2.05) is 31.2 Å². The van der Waals surface area contributed by atoms with E-state index in [-0.39, 0.29) is 35.7 Å². The van der Waals surface area contributed by atoms with Gasteiger partial charge in [-0.2, -0.15) is 5.43 Å². The highest BCUT2D eigenvalue weighted by molar-refractivity contribution is 5.86. The van der Waals surface area contributed by atoms with Gasteiger partial charge in [0.15, 0.2) is 6.29 Å². The van der Waals surface area contributed by atoms with Crippen LogP contribution in [0.4, 0.5) is 4.79 Å². The van der Waals surface area contributed by atoms with E-state index in [4.69, 9.17) is 0 Å². The Morgan fingerprint density at radius 1 is 1.19 bits per heavy atom. The maximum Gasteiger partial charge on any atom is 0.337 e. The van der Waals surface area contributed by atoms with Crippen molar-refractivity contribution in [3.8, 4) is 0 Å². The Labute approximate surface area is 183 Å². The SMILES string of the molecule is Cc1ccc(CN2C(=O)C3CCC(C(=O)NCC(C)C)CC3N3C(=O)N(C)NC23)cc1. The Bertz CT molecular complexity index is 855. The lowest BCUT2D eigenvalue weighted by molar-refractivity contribution is -0.159. The number of amides is 4. The van der Waals surface area contributed by atoms with Crippen molar-refractivity contribution in [3.63, 3.8) is 0 Å². The van der Waals surface area contributed by atoms with E-state index in [1.54, 1.807) is 16.8 Å². The van der Waals surface area contributed by atoms with Crippen molar-refractivity contribution in [2.45, 2.75) is 58.9 Å². The lowest BCUT2D eigenvalue weighted by Crippen LogP contribution is -2.66. The van der Waals surface area contributed by atoms with Crippen molar-refractivity contribution in [1.82, 2.24) is 25.6 Å². The first kappa shape index (κ1) is 21.6. The molecule has 31 heavy (non-hydrogen) atoms. The van der Waals surface area contributed by atoms with Crippen LogP contribution in [0.15, 0.2) is 24.3 Å². The number of carbonyl (C=O) groups excluding carboxylic acids is 3. The van der Waals surface area contributed by atoms with E-state index in [0.717, 1.165) is 5.56 Å². The van der Waals surface area contributed by atoms with Gasteiger partial charge in [-0.05, 0) is 37.7 Å². The number of hydrogen-bond donors (Lipinski definition) is 2. The normalized spacial score (nSPS) is 28.1. The maximum atomic E-state index is 13.5. The number of benzene rings is 1. The van der Waals surface area contributed by atoms with Crippen molar-refractivity contribution >= 4 is 17.8 Å². The molecule has 3 fully saturated rings. The fourth-order valence-electron chi connectivity index (χ4n) is 4.93. The van der Waals surface area contributed by atoms with Gasteiger partial charge in [0.25, 0.3) is 0 Å². The Morgan fingerprint density at radius 2 is 1.90 bits per heavy atom. The summed E-state index contributed by atoms with van der Waals surface area (Å²) in [5, 5.41) is 4.47. The smallest absolute Gasteiger partial charge is 0.337 e. The molecular weight excluding hydrogens is 394 g/mol. The molecule has 0 aromatic heterocycles. The first-order chi connectivity index (χ1) is 14.8. The molecule has 0 radical (unpaired) electrons. The summed E-state index contributed by atoms with van der Waals surface area (Å²) in [5.74, 6) is 0.0350. The van der Waals surface area contributed by atoms with Crippen LogP contribution in [-0.4, -0.2) is 58.6 Å². The number of nitrogens with one attached hydrogen (secondary N) is 2. The van der Waals surface area contributed by atoms with E-state index in [0.29, 0.717) is 38.3 Å². The second-order valence-electron chi connectivity index (χ2n) is 9.53. The molecule has 4 atom stereocenters. The van der Waals surface area contributed by atoms with Crippen LogP contribution in [0.1, 0.15) is 44.2 Å². The molecular formula is C23H33N5O3. The van der Waals surface area contributed by atoms with Gasteiger partial charge in [-0.15, -0.1) is 0 Å². The van der Waals surface area contributed by atoms with Gasteiger partial charge < -0.3 is 10.2 Å². The highest BCUT2D eigenvalue weighted by atomic mass is 16.2. The van der Waals surface area contributed by atoms with Crippen LogP contribution in [0.5, 0.6) is 0 Å². The minimum absolute atomic E-state index is 0.0335. The molecule has 2 saturated heterocycles. The third kappa shape index (κ3) is 4.13. The molecule has 8 nitrogen and oxygen atoms in total. The standard InChI is InChI=1S/C23H33N5O3/c1-14(2)12-24-20(29)17-9-10-18-19(11-17)28-22(25-26(4)23(28)31)27(21(18)30)13-16-7-5-15(3)6-8-16/h5-8,14,17-19,22,25H,9-13H2,1-4H3,(H,24,29). The summed E-state index contributed by atoms with van der Waals surface area (Å²) in [6.07, 6.45) is 1.29. The number of hydrogen-bond acceptors (Lipinski definition) is 4. The highest BCUT2D eigenvalue weighted by Crippen LogP contribution is 2.40. The molecule has 0 spiro atoms. The Kier molecular flexibility index (Phi) is 5.92. The minimum atomic E-state index is -0.523. The second kappa shape index (κ2) is 8.49. The van der Waals surface area contributed by atoms with Gasteiger partial charge in [0.05, 0.1) is 5.92 Å². The van der Waals surface area contributed by atoms with Gasteiger partial charge in [-0.25, -0.2) is 4.79 Å². The molecule has 3 aliphatic rings. The first-order valence-corrected chi connectivity index (χ1v) is 11.2. The summed E-state index contributed by atoms with van der Waals surface area (Å²) >= 11 is 0. The largest absolute Gasteiger partial charge is 0.356 e. The monoisotopic (exact) mass is 427 g/mol. The molecule has 0 bridgehead atoms. The van der Waals surface area contributed by atoms with Gasteiger partial charge in [0.2, 0.25) is 11.8 Å². The maximum absolute atomic E-state index is 13.5. The predicted molar refractivity (Wildman–Crippen MR) is 116 cm³/mol. The Hall–Kier alpha value is -2.61. The number of fused-ring (bicyclic) bond motifs is 3. The summed E-state index contributed by atoms with van der Waals surface area (Å²) < 4.78 is 0. The molecule has 2 aliphatic heterocycles. The van der Waals surface area contributed by atoms with Crippen molar-refractivity contribution in [2.75, 3.05) is 13.6 Å². The van der Waals surface area contributed by atoms with Crippen molar-refractivity contribution < 1.29 is 14.4 Å². The zero-order valence-corrected chi connectivity index (χ0v) is 18.8. The molecule has 1 aromatic rings. The number of hydrazine groups is 1. The minimum Gasteiger partial charge on any atom is -0.356 e. The molecule has 8 heteroatoms. The van der Waals surface area contributed by atoms with Crippen LogP contribution in [0.2, 0.25) is 0 Å². The third-order valence-electron chi connectivity index (χ3n) is 6.68. The molecule has 1 aliphatic carbocycles. The molecule has 4 rings (SSSR count). The third-order valence-corrected chi connectivity index (χ3v) is 6.68. The summed E-state index contributed by atoms with van der Waals surface area (Å²) in [6.45, 7) is 7.24. The van der Waals surface area contributed by atoms with E-state index in [1.165, 1.54) is 10.6 Å². The van der Waals surface area contributed by atoms with Gasteiger partial charge >= 0.3 is 6.03 Å². The number of urea groups is 1. The Morgan fingerprint density at radius 3 is 2.58 bits per heavy atom. The molecule has 4 amide bonds. The van der Waals surface area contributed by atoms with Crippen LogP contribution in [0, 0.1) is 24.7 Å². The fraction of sp³-hybridized carbons (Fsp3) is 0.609. The van der Waals surface area contributed by atoms with Crippen LogP contribution < -0.4 is 10.7 Å². The van der Waals surface area contributed by atoms with E-state index < -0.39 is 6.29 Å². The molecule has 168 valence electrons. The van der Waals surface area contributed by atoms with E-state index in [9.17, 15) is 14.4 Å². The molecule has 2 N–H and O–H groups in total. The molecule has 1 aromatic carbocycles. The van der Waals surface area contributed by atoms with Crippen LogP contribution in [-0.2, 0) is 16.1 Å². The molecule has 4 unspecified atom stereocenters. The Balaban J connectivity index is 1.55. The fourth-order valence-corrected chi connectivity index (χ4v) is 4.93. The highest BCUT2D eigenvalue weighted by Gasteiger charge is 2.55. The van der Waals surface area contributed by atoms with Crippen LogP contribution in [0.3, 0.4) is 0 Å². The van der Waals surface area contributed by atoms with Crippen LogP contribution in [0.25, 0.3) is 0 Å². The van der Waals surface area contributed by atoms with Crippen molar-refractivity contribution in [3.05, 3.63) is 35.4 Å². The number of nitrogens with zero attached hydrogens (tertiary/aromatic N) is 3. The topological polar surface area (TPSA) is 85.0 Å². The van der Waals surface area contributed by atoms with Crippen molar-refractivity contribution in [2.24, 2.45) is 17.8 Å². The lowest BCUT2D eigenvalue weighted by atomic mass is 9.75. The average molecular weight is 428 g/mol. The van der Waals surface area contributed by atoms with Gasteiger partial charge in [0, 0.05) is 32.1 Å². The summed E-state index contributed by atoms with van der Waals surface area (Å²) in [4.78, 5) is 42.7. The first-order valence-electron chi connectivity index (χ1n) is 11.2. The number of aryl methyl sites for hydroxylation is 1. The average Bonchev–Trinajstić information content (AvgIpc) is 3.04. The summed E-state index contributed by atoms with van der Waals surface area (Å²) in [6, 6.07) is 7.70. The zero-order valence-electron chi connectivity index (χ0n) is 18.8. The summed E-state index contributed by atoms with van der Waals surface area (Å²) in [7, 11) is 1.68. The van der Waals surface area contributed by atoms with Crippen LogP contribution >= 0.6 is 0 Å². The molecule has 2 heterocycles. The quantitative estimate of drug-likeness (QED) is 0.753. The zero-order chi connectivity index (χ0) is 22.3. The van der Waals surface area contributed by atoms with Gasteiger partial charge in [0.1, 0.15) is 0 Å².